The Morgan fingerprint density at radius 1 is 0.964 bits per heavy atom. The molecule has 7 nitrogen and oxygen atoms in total. The van der Waals surface area contributed by atoms with Gasteiger partial charge in [0, 0.05) is 45.2 Å². The number of carbonyl (C=O) groups excluding carboxylic acids is 2. The first kappa shape index (κ1) is 19.4. The summed E-state index contributed by atoms with van der Waals surface area (Å²) in [5.74, 6) is -0.229. The predicted octanol–water partition coefficient (Wildman–Crippen LogP) is 1.76. The van der Waals surface area contributed by atoms with Gasteiger partial charge in [-0.15, -0.1) is 0 Å². The summed E-state index contributed by atoms with van der Waals surface area (Å²) in [5, 5.41) is 0. The first-order chi connectivity index (χ1) is 13.4. The highest BCUT2D eigenvalue weighted by Gasteiger charge is 2.40. The van der Waals surface area contributed by atoms with Gasteiger partial charge in [0.05, 0.1) is 4.90 Å². The van der Waals surface area contributed by atoms with E-state index in [2.05, 4.69) is 0 Å². The molecule has 2 saturated heterocycles. The topological polar surface area (TPSA) is 78.0 Å². The van der Waals surface area contributed by atoms with Gasteiger partial charge in [-0.25, -0.2) is 8.42 Å². The molecule has 0 unspecified atom stereocenters. The molecule has 0 N–H and O–H groups in total. The van der Waals surface area contributed by atoms with Crippen molar-refractivity contribution in [2.45, 2.75) is 56.4 Å². The van der Waals surface area contributed by atoms with E-state index in [1.807, 2.05) is 4.90 Å². The summed E-state index contributed by atoms with van der Waals surface area (Å²) in [6.45, 7) is 4.01. The average molecular weight is 406 g/mol. The molecule has 3 heterocycles. The Labute approximate surface area is 166 Å². The lowest BCUT2D eigenvalue weighted by Gasteiger charge is -2.27. The summed E-state index contributed by atoms with van der Waals surface area (Å²) in [6, 6.07) is 4.34. The smallest absolute Gasteiger partial charge is 0.246 e. The lowest BCUT2D eigenvalue weighted by molar-refractivity contribution is -0.133. The standard InChI is InChI=1S/C20H27N3O4S/c1-15(24)23-18-8-7-17(28(26,27)22-11-3-2-4-12-22)13-16(18)14-19(23)20(25)21-9-5-6-10-21/h7-8,13,19H,2-6,9-12,14H2,1H3/t19-/m1/s1. The van der Waals surface area contributed by atoms with Crippen LogP contribution in [0.3, 0.4) is 0 Å². The van der Waals surface area contributed by atoms with E-state index in [4.69, 9.17) is 0 Å². The fraction of sp³-hybridized carbons (Fsp3) is 0.600. The van der Waals surface area contributed by atoms with Gasteiger partial charge in [-0.1, -0.05) is 6.42 Å². The van der Waals surface area contributed by atoms with Crippen molar-refractivity contribution in [1.29, 1.82) is 0 Å². The Bertz CT molecular complexity index is 887. The molecule has 8 heteroatoms. The maximum Gasteiger partial charge on any atom is 0.246 e. The Kier molecular flexibility index (Phi) is 5.18. The van der Waals surface area contributed by atoms with E-state index in [1.54, 1.807) is 22.5 Å². The number of anilines is 1. The number of hydrogen-bond donors (Lipinski definition) is 0. The molecular weight excluding hydrogens is 378 g/mol. The van der Waals surface area contributed by atoms with E-state index < -0.39 is 16.1 Å². The Morgan fingerprint density at radius 2 is 1.61 bits per heavy atom. The minimum Gasteiger partial charge on any atom is -0.341 e. The highest BCUT2D eigenvalue weighted by Crippen LogP contribution is 2.36. The van der Waals surface area contributed by atoms with E-state index in [1.165, 1.54) is 11.8 Å². The molecule has 0 bridgehead atoms. The van der Waals surface area contributed by atoms with E-state index in [-0.39, 0.29) is 16.7 Å². The summed E-state index contributed by atoms with van der Waals surface area (Å²) < 4.78 is 27.5. The lowest BCUT2D eigenvalue weighted by Crippen LogP contribution is -2.48. The lowest BCUT2D eigenvalue weighted by atomic mass is 10.1. The fourth-order valence-corrected chi connectivity index (χ4v) is 6.15. The van der Waals surface area contributed by atoms with Gasteiger partial charge in [-0.05, 0) is 49.4 Å². The average Bonchev–Trinajstić information content (AvgIpc) is 3.35. The molecule has 3 aliphatic rings. The fourth-order valence-electron chi connectivity index (χ4n) is 4.58. The van der Waals surface area contributed by atoms with Crippen LogP contribution in [0.1, 0.15) is 44.6 Å². The van der Waals surface area contributed by atoms with Gasteiger partial charge in [-0.3, -0.25) is 14.5 Å². The van der Waals surface area contributed by atoms with Crippen molar-refractivity contribution in [2.24, 2.45) is 0 Å². The van der Waals surface area contributed by atoms with Gasteiger partial charge in [0.15, 0.2) is 0 Å². The number of benzene rings is 1. The minimum absolute atomic E-state index is 0.0377. The zero-order valence-corrected chi connectivity index (χ0v) is 17.1. The van der Waals surface area contributed by atoms with Crippen LogP contribution >= 0.6 is 0 Å². The van der Waals surface area contributed by atoms with Crippen LogP contribution in [0.4, 0.5) is 5.69 Å². The van der Waals surface area contributed by atoms with Crippen molar-refractivity contribution < 1.29 is 18.0 Å². The highest BCUT2D eigenvalue weighted by atomic mass is 32.2. The van der Waals surface area contributed by atoms with Crippen molar-refractivity contribution in [1.82, 2.24) is 9.21 Å². The van der Waals surface area contributed by atoms with Crippen LogP contribution in [0.5, 0.6) is 0 Å². The van der Waals surface area contributed by atoms with Crippen molar-refractivity contribution in [3.8, 4) is 0 Å². The Balaban J connectivity index is 1.64. The molecule has 2 amide bonds. The van der Waals surface area contributed by atoms with Crippen LogP contribution in [-0.2, 0) is 26.0 Å². The normalized spacial score (nSPS) is 23.1. The zero-order valence-electron chi connectivity index (χ0n) is 16.3. The number of rotatable bonds is 3. The van der Waals surface area contributed by atoms with Gasteiger partial charge in [-0.2, -0.15) is 4.31 Å². The minimum atomic E-state index is -3.54. The molecule has 0 spiro atoms. The third kappa shape index (κ3) is 3.33. The van der Waals surface area contributed by atoms with Gasteiger partial charge in [0.2, 0.25) is 21.8 Å². The van der Waals surface area contributed by atoms with Crippen LogP contribution in [-0.4, -0.2) is 61.7 Å². The summed E-state index contributed by atoms with van der Waals surface area (Å²) in [5.41, 5.74) is 1.41. The summed E-state index contributed by atoms with van der Waals surface area (Å²) in [6.07, 6.45) is 5.18. The third-order valence-electron chi connectivity index (χ3n) is 6.03. The summed E-state index contributed by atoms with van der Waals surface area (Å²) >= 11 is 0. The van der Waals surface area contributed by atoms with Crippen molar-refractivity contribution in [3.05, 3.63) is 23.8 Å². The number of hydrogen-bond acceptors (Lipinski definition) is 4. The largest absolute Gasteiger partial charge is 0.341 e. The molecule has 28 heavy (non-hydrogen) atoms. The molecule has 0 aromatic heterocycles. The predicted molar refractivity (Wildman–Crippen MR) is 106 cm³/mol. The molecule has 2 fully saturated rings. The molecule has 152 valence electrons. The van der Waals surface area contributed by atoms with E-state index >= 15 is 0 Å². The second-order valence-electron chi connectivity index (χ2n) is 7.90. The van der Waals surface area contributed by atoms with Gasteiger partial charge in [0.25, 0.3) is 0 Å². The number of sulfonamides is 1. The van der Waals surface area contributed by atoms with Gasteiger partial charge >= 0.3 is 0 Å². The van der Waals surface area contributed by atoms with E-state index in [0.29, 0.717) is 25.2 Å². The molecule has 1 aromatic carbocycles. The SMILES string of the molecule is CC(=O)N1c2ccc(S(=O)(=O)N3CCCCC3)cc2C[C@@H]1C(=O)N1CCCC1. The van der Waals surface area contributed by atoms with Crippen molar-refractivity contribution in [2.75, 3.05) is 31.1 Å². The molecule has 0 saturated carbocycles. The van der Waals surface area contributed by atoms with Crippen LogP contribution < -0.4 is 4.90 Å². The molecule has 0 aliphatic carbocycles. The maximum absolute atomic E-state index is 13.0. The van der Waals surface area contributed by atoms with Crippen molar-refractivity contribution in [3.63, 3.8) is 0 Å². The monoisotopic (exact) mass is 405 g/mol. The van der Waals surface area contributed by atoms with Crippen molar-refractivity contribution >= 4 is 27.5 Å². The maximum atomic E-state index is 13.0. The van der Waals surface area contributed by atoms with E-state index in [0.717, 1.165) is 50.8 Å². The van der Waals surface area contributed by atoms with Gasteiger partial charge < -0.3 is 4.90 Å². The Morgan fingerprint density at radius 3 is 2.25 bits per heavy atom. The van der Waals surface area contributed by atoms with Crippen LogP contribution in [0, 0.1) is 0 Å². The second-order valence-corrected chi connectivity index (χ2v) is 9.83. The molecule has 0 radical (unpaired) electrons. The van der Waals surface area contributed by atoms with Crippen LogP contribution in [0.25, 0.3) is 0 Å². The molecule has 1 atom stereocenters. The third-order valence-corrected chi connectivity index (χ3v) is 7.92. The number of carbonyl (C=O) groups is 2. The number of fused-ring (bicyclic) bond motifs is 1. The number of likely N-dealkylation sites (tertiary alicyclic amines) is 1. The number of nitrogens with zero attached hydrogens (tertiary/aromatic N) is 3. The summed E-state index contributed by atoms with van der Waals surface area (Å²) in [4.78, 5) is 28.9. The molecular formula is C20H27N3O4S. The molecule has 1 aromatic rings. The zero-order chi connectivity index (χ0) is 19.9. The molecule has 4 rings (SSSR count). The number of amides is 2. The van der Waals surface area contributed by atoms with E-state index in [9.17, 15) is 18.0 Å². The highest BCUT2D eigenvalue weighted by molar-refractivity contribution is 7.89. The van der Waals surface area contributed by atoms with Gasteiger partial charge in [0.1, 0.15) is 6.04 Å². The Hall–Kier alpha value is -1.93. The van der Waals surface area contributed by atoms with Crippen LogP contribution in [0.2, 0.25) is 0 Å². The first-order valence-corrected chi connectivity index (χ1v) is 11.6. The second kappa shape index (κ2) is 7.48. The first-order valence-electron chi connectivity index (χ1n) is 10.1. The molecule has 3 aliphatic heterocycles. The summed E-state index contributed by atoms with van der Waals surface area (Å²) in [7, 11) is -3.54. The van der Waals surface area contributed by atoms with Crippen LogP contribution in [0.15, 0.2) is 23.1 Å². The quantitative estimate of drug-likeness (QED) is 0.768. The number of piperidine rings is 1.